The summed E-state index contributed by atoms with van der Waals surface area (Å²) in [6.07, 6.45) is -0.177. The van der Waals surface area contributed by atoms with E-state index in [9.17, 15) is 39.6 Å². The van der Waals surface area contributed by atoms with Gasteiger partial charge in [-0.3, -0.25) is 19.2 Å². The average molecular weight is 515 g/mol. The summed E-state index contributed by atoms with van der Waals surface area (Å²) in [5, 5.41) is 47.0. The second-order valence-corrected chi connectivity index (χ2v) is 10.2. The highest BCUT2D eigenvalue weighted by Crippen LogP contribution is 2.54. The lowest BCUT2D eigenvalue weighted by molar-refractivity contribution is -0.147. The second-order valence-electron chi connectivity index (χ2n) is 10.2. The molecule has 0 spiro atoms. The number of Topliss-reactive ketones (excluding diaryl/α,β-unsaturated/α-hetero) is 2. The van der Waals surface area contributed by atoms with E-state index in [2.05, 4.69) is 5.32 Å². The van der Waals surface area contributed by atoms with Crippen molar-refractivity contribution in [2.24, 2.45) is 17.6 Å². The van der Waals surface area contributed by atoms with Gasteiger partial charge in [-0.1, -0.05) is 0 Å². The predicted octanol–water partition coefficient (Wildman–Crippen LogP) is -0.01000. The van der Waals surface area contributed by atoms with Crippen LogP contribution in [0.5, 0.6) is 5.75 Å². The molecule has 0 radical (unpaired) electrons. The number of phenols is 1. The maximum absolute atomic E-state index is 13.6. The van der Waals surface area contributed by atoms with Crippen LogP contribution in [-0.4, -0.2) is 89.0 Å². The molecule has 4 rings (SSSR count). The molecule has 12 nitrogen and oxygen atoms in total. The van der Waals surface area contributed by atoms with E-state index in [4.69, 9.17) is 5.73 Å². The minimum Gasteiger partial charge on any atom is -0.508 e. The van der Waals surface area contributed by atoms with Gasteiger partial charge in [-0.2, -0.15) is 0 Å². The first-order valence-electron chi connectivity index (χ1n) is 11.7. The van der Waals surface area contributed by atoms with Crippen LogP contribution >= 0.6 is 0 Å². The van der Waals surface area contributed by atoms with Crippen molar-refractivity contribution >= 4 is 40.5 Å². The Bertz CT molecular complexity index is 1310. The monoisotopic (exact) mass is 514 g/mol. The normalized spacial score (nSPS) is 25.0. The lowest BCUT2D eigenvalue weighted by Crippen LogP contribution is -2.58. The number of likely N-dealkylation sites (N-methyl/N-ethyl adjacent to an activating group) is 1. The fourth-order valence-electron chi connectivity index (χ4n) is 5.64. The highest BCUT2D eigenvalue weighted by molar-refractivity contribution is 6.22. The van der Waals surface area contributed by atoms with E-state index in [1.165, 1.54) is 0 Å². The zero-order valence-electron chi connectivity index (χ0n) is 21.0. The van der Waals surface area contributed by atoms with Crippen LogP contribution in [0.1, 0.15) is 24.0 Å². The molecule has 37 heavy (non-hydrogen) atoms. The van der Waals surface area contributed by atoms with Crippen LogP contribution in [0.25, 0.3) is 5.76 Å². The second kappa shape index (κ2) is 8.89. The molecular weight excluding hydrogens is 484 g/mol. The van der Waals surface area contributed by atoms with Crippen molar-refractivity contribution < 1.29 is 39.6 Å². The van der Waals surface area contributed by atoms with E-state index in [1.54, 1.807) is 44.1 Å². The van der Waals surface area contributed by atoms with Gasteiger partial charge in [0.2, 0.25) is 11.7 Å². The maximum atomic E-state index is 13.6. The van der Waals surface area contributed by atoms with Gasteiger partial charge in [0.25, 0.3) is 5.91 Å². The van der Waals surface area contributed by atoms with Crippen molar-refractivity contribution in [3.05, 3.63) is 34.1 Å². The molecule has 2 amide bonds. The molecule has 0 aliphatic heterocycles. The highest BCUT2D eigenvalue weighted by Gasteiger charge is 2.60. The summed E-state index contributed by atoms with van der Waals surface area (Å²) in [5.74, 6) is -7.43. The van der Waals surface area contributed by atoms with Gasteiger partial charge in [0.15, 0.2) is 11.4 Å². The number of hydrogen-bond acceptors (Lipinski definition) is 10. The summed E-state index contributed by atoms with van der Waals surface area (Å²) in [6, 6.07) is 1.57. The average Bonchev–Trinajstić information content (AvgIpc) is 2.77. The van der Waals surface area contributed by atoms with Crippen LogP contribution in [0.4, 0.5) is 11.4 Å². The van der Waals surface area contributed by atoms with Gasteiger partial charge < -0.3 is 41.3 Å². The summed E-state index contributed by atoms with van der Waals surface area (Å²) in [5.41, 5.74) is 2.51. The van der Waals surface area contributed by atoms with Crippen LogP contribution in [0.15, 0.2) is 23.0 Å². The number of hydrogen-bond donors (Lipinski definition) is 6. The van der Waals surface area contributed by atoms with Gasteiger partial charge in [0, 0.05) is 37.7 Å². The van der Waals surface area contributed by atoms with Gasteiger partial charge in [0.05, 0.1) is 17.8 Å². The fraction of sp³-hybridized carbons (Fsp3) is 0.440. The molecular formula is C25H30N4O8. The van der Waals surface area contributed by atoms with Gasteiger partial charge in [0.1, 0.15) is 22.8 Å². The van der Waals surface area contributed by atoms with Crippen LogP contribution in [-0.2, 0) is 25.6 Å². The number of carbonyl (C=O) groups excluding carboxylic acids is 4. The number of carbonyl (C=O) groups is 4. The summed E-state index contributed by atoms with van der Waals surface area (Å²) in [6.45, 7) is 0.0302. The number of nitrogens with zero attached hydrogens (tertiary/aromatic N) is 2. The van der Waals surface area contributed by atoms with Gasteiger partial charge in [-0.05, 0) is 44.5 Å². The number of aliphatic hydroxyl groups is 3. The van der Waals surface area contributed by atoms with Crippen LogP contribution in [0, 0.1) is 11.8 Å². The number of amides is 2. The standard InChI is InChI=1S/C25H30N4O8/c1-28(2)9-16(31)27-13-8-14(29(3)4)12-6-10-5-11-7-15(30)19(24(26)36)23(35)25(11,37)22(34)17(10)21(33)18(12)20(13)32/h8,10-11,32-33,35,37H,5-7,9H2,1-4H3,(H2,26,36)(H,27,31)/t10-,11+,25+/m1/s1. The van der Waals surface area contributed by atoms with E-state index in [1.807, 2.05) is 0 Å². The number of primary amides is 1. The number of nitrogens with one attached hydrogen (secondary N) is 1. The van der Waals surface area contributed by atoms with E-state index in [0.717, 1.165) is 0 Å². The first kappa shape index (κ1) is 26.2. The van der Waals surface area contributed by atoms with E-state index < -0.39 is 63.7 Å². The Morgan fingerprint density at radius 3 is 2.35 bits per heavy atom. The van der Waals surface area contributed by atoms with Crippen molar-refractivity contribution in [3.63, 3.8) is 0 Å². The Morgan fingerprint density at radius 1 is 1.14 bits per heavy atom. The van der Waals surface area contributed by atoms with Crippen LogP contribution < -0.4 is 16.0 Å². The molecule has 3 aliphatic rings. The number of benzene rings is 1. The molecule has 7 N–H and O–H groups in total. The first-order valence-corrected chi connectivity index (χ1v) is 11.7. The van der Waals surface area contributed by atoms with Gasteiger partial charge >= 0.3 is 0 Å². The number of phenolic OH excluding ortho intramolecular Hbond substituents is 1. The Morgan fingerprint density at radius 2 is 1.78 bits per heavy atom. The highest BCUT2D eigenvalue weighted by atomic mass is 16.3. The lowest BCUT2D eigenvalue weighted by Gasteiger charge is -2.46. The number of fused-ring (bicyclic) bond motifs is 3. The number of rotatable bonds is 5. The Labute approximate surface area is 212 Å². The van der Waals surface area contributed by atoms with Gasteiger partial charge in [-0.15, -0.1) is 0 Å². The van der Waals surface area contributed by atoms with Crippen molar-refractivity contribution in [2.45, 2.75) is 24.9 Å². The smallest absolute Gasteiger partial charge is 0.255 e. The molecule has 1 fully saturated rings. The molecule has 0 unspecified atom stereocenters. The minimum absolute atomic E-state index is 0.0155. The number of ketones is 2. The molecule has 0 heterocycles. The molecule has 3 aliphatic carbocycles. The largest absolute Gasteiger partial charge is 0.508 e. The molecule has 198 valence electrons. The van der Waals surface area contributed by atoms with Crippen molar-refractivity contribution in [1.29, 1.82) is 0 Å². The molecule has 1 aromatic rings. The third kappa shape index (κ3) is 3.92. The molecule has 0 bridgehead atoms. The predicted molar refractivity (Wildman–Crippen MR) is 133 cm³/mol. The topological polar surface area (TPSA) is 194 Å². The Hall–Kier alpha value is -3.90. The van der Waals surface area contributed by atoms with E-state index in [0.29, 0.717) is 11.3 Å². The van der Waals surface area contributed by atoms with E-state index >= 15 is 0 Å². The summed E-state index contributed by atoms with van der Waals surface area (Å²) in [4.78, 5) is 53.7. The van der Waals surface area contributed by atoms with Crippen molar-refractivity contribution in [3.8, 4) is 5.75 Å². The quantitative estimate of drug-likeness (QED) is 0.230. The Balaban J connectivity index is 1.90. The van der Waals surface area contributed by atoms with Crippen LogP contribution in [0.2, 0.25) is 0 Å². The third-order valence-corrected chi connectivity index (χ3v) is 7.26. The third-order valence-electron chi connectivity index (χ3n) is 7.26. The zero-order valence-corrected chi connectivity index (χ0v) is 21.0. The fourth-order valence-corrected chi connectivity index (χ4v) is 5.64. The molecule has 3 atom stereocenters. The van der Waals surface area contributed by atoms with Crippen molar-refractivity contribution in [1.82, 2.24) is 4.90 Å². The van der Waals surface area contributed by atoms with Crippen molar-refractivity contribution in [2.75, 3.05) is 45.0 Å². The first-order chi connectivity index (χ1) is 17.2. The SMILES string of the molecule is CN(C)CC(=O)Nc1cc(N(C)C)c2c(c1O)C(O)=C1C(=O)[C@]3(O)C(O)=C(C(N)=O)C(=O)C[C@@H]3C[C@@H]1C2. The molecule has 0 saturated heterocycles. The molecule has 1 saturated carbocycles. The summed E-state index contributed by atoms with van der Waals surface area (Å²) >= 11 is 0. The lowest BCUT2D eigenvalue weighted by atomic mass is 9.59. The number of aromatic hydroxyl groups is 1. The zero-order chi connectivity index (χ0) is 27.6. The number of anilines is 2. The van der Waals surface area contributed by atoms with Crippen LogP contribution in [0.3, 0.4) is 0 Å². The summed E-state index contributed by atoms with van der Waals surface area (Å²) in [7, 11) is 6.89. The molecule has 12 heteroatoms. The number of aliphatic hydroxyl groups excluding tert-OH is 2. The molecule has 0 aromatic heterocycles. The minimum atomic E-state index is -2.63. The van der Waals surface area contributed by atoms with E-state index in [-0.39, 0.29) is 42.6 Å². The summed E-state index contributed by atoms with van der Waals surface area (Å²) < 4.78 is 0. The number of nitrogens with two attached hydrogens (primary N) is 1. The molecule has 1 aromatic carbocycles. The maximum Gasteiger partial charge on any atom is 0.255 e. The Kier molecular flexibility index (Phi) is 6.29. The van der Waals surface area contributed by atoms with Gasteiger partial charge in [-0.25, -0.2) is 0 Å².